The molecule has 0 saturated carbocycles. The lowest BCUT2D eigenvalue weighted by atomic mass is 10.2. The van der Waals surface area contributed by atoms with Crippen LogP contribution in [-0.2, 0) is 9.47 Å². The first-order valence-electron chi connectivity index (χ1n) is 4.75. The SMILES string of the molecule is CCOCCOC(=O)c1ccccc1I. The van der Waals surface area contributed by atoms with E-state index in [9.17, 15) is 4.79 Å². The number of rotatable bonds is 5. The van der Waals surface area contributed by atoms with Crippen molar-refractivity contribution in [2.24, 2.45) is 0 Å². The molecule has 0 atom stereocenters. The Morgan fingerprint density at radius 2 is 2.07 bits per heavy atom. The van der Waals surface area contributed by atoms with Gasteiger partial charge in [-0.3, -0.25) is 0 Å². The van der Waals surface area contributed by atoms with Crippen LogP contribution in [-0.4, -0.2) is 25.8 Å². The minimum absolute atomic E-state index is 0.292. The molecular formula is C11H13IO3. The maximum absolute atomic E-state index is 11.5. The predicted octanol–water partition coefficient (Wildman–Crippen LogP) is 2.48. The summed E-state index contributed by atoms with van der Waals surface area (Å²) in [6.07, 6.45) is 0. The Labute approximate surface area is 103 Å². The van der Waals surface area contributed by atoms with Crippen LogP contribution >= 0.6 is 22.6 Å². The second-order valence-corrected chi connectivity index (χ2v) is 3.97. The van der Waals surface area contributed by atoms with Crippen LogP contribution in [0, 0.1) is 3.57 Å². The zero-order valence-electron chi connectivity index (χ0n) is 8.53. The van der Waals surface area contributed by atoms with Gasteiger partial charge in [0.05, 0.1) is 12.2 Å². The van der Waals surface area contributed by atoms with E-state index in [0.717, 1.165) is 3.57 Å². The van der Waals surface area contributed by atoms with Crippen molar-refractivity contribution in [2.45, 2.75) is 6.92 Å². The molecule has 3 nitrogen and oxygen atoms in total. The number of hydrogen-bond acceptors (Lipinski definition) is 3. The van der Waals surface area contributed by atoms with Gasteiger partial charge in [-0.1, -0.05) is 12.1 Å². The molecule has 0 aliphatic rings. The summed E-state index contributed by atoms with van der Waals surface area (Å²) < 4.78 is 11.0. The number of carbonyl (C=O) groups excluding carboxylic acids is 1. The standard InChI is InChI=1S/C11H13IO3/c1-2-14-7-8-15-11(13)9-5-3-4-6-10(9)12/h3-6H,2,7-8H2,1H3. The minimum atomic E-state index is -0.292. The van der Waals surface area contributed by atoms with Crippen molar-refractivity contribution in [1.29, 1.82) is 0 Å². The van der Waals surface area contributed by atoms with Crippen molar-refractivity contribution in [3.63, 3.8) is 0 Å². The lowest BCUT2D eigenvalue weighted by Crippen LogP contribution is -2.11. The summed E-state index contributed by atoms with van der Waals surface area (Å²) in [5.41, 5.74) is 0.606. The molecule has 0 aromatic heterocycles. The number of benzene rings is 1. The van der Waals surface area contributed by atoms with Crippen molar-refractivity contribution in [3.05, 3.63) is 33.4 Å². The normalized spacial score (nSPS) is 10.0. The summed E-state index contributed by atoms with van der Waals surface area (Å²) in [6, 6.07) is 7.34. The van der Waals surface area contributed by atoms with Crippen LogP contribution in [0.4, 0.5) is 0 Å². The number of carbonyl (C=O) groups is 1. The smallest absolute Gasteiger partial charge is 0.339 e. The van der Waals surface area contributed by atoms with Crippen LogP contribution in [0.2, 0.25) is 0 Å². The lowest BCUT2D eigenvalue weighted by Gasteiger charge is -2.05. The van der Waals surface area contributed by atoms with E-state index in [4.69, 9.17) is 9.47 Å². The molecule has 0 aliphatic carbocycles. The van der Waals surface area contributed by atoms with Gasteiger partial charge in [0.2, 0.25) is 0 Å². The van der Waals surface area contributed by atoms with Crippen molar-refractivity contribution in [2.75, 3.05) is 19.8 Å². The zero-order chi connectivity index (χ0) is 11.1. The van der Waals surface area contributed by atoms with Crippen LogP contribution in [0.15, 0.2) is 24.3 Å². The molecule has 0 radical (unpaired) electrons. The third-order valence-electron chi connectivity index (χ3n) is 1.76. The van der Waals surface area contributed by atoms with Gasteiger partial charge in [-0.2, -0.15) is 0 Å². The molecule has 1 aromatic rings. The summed E-state index contributed by atoms with van der Waals surface area (Å²) in [5, 5.41) is 0. The highest BCUT2D eigenvalue weighted by atomic mass is 127. The van der Waals surface area contributed by atoms with Crippen LogP contribution in [0.25, 0.3) is 0 Å². The van der Waals surface area contributed by atoms with Gasteiger partial charge in [0.25, 0.3) is 0 Å². The van der Waals surface area contributed by atoms with Gasteiger partial charge in [-0.15, -0.1) is 0 Å². The van der Waals surface area contributed by atoms with Crippen molar-refractivity contribution in [3.8, 4) is 0 Å². The molecule has 15 heavy (non-hydrogen) atoms. The molecule has 0 heterocycles. The molecule has 1 aromatic carbocycles. The van der Waals surface area contributed by atoms with Gasteiger partial charge in [-0.05, 0) is 41.6 Å². The molecule has 82 valence electrons. The second-order valence-electron chi connectivity index (χ2n) is 2.81. The molecule has 0 aliphatic heterocycles. The fourth-order valence-electron chi connectivity index (χ4n) is 1.04. The highest BCUT2D eigenvalue weighted by Gasteiger charge is 2.09. The van der Waals surface area contributed by atoms with Gasteiger partial charge < -0.3 is 9.47 Å². The topological polar surface area (TPSA) is 35.5 Å². The maximum atomic E-state index is 11.5. The number of halogens is 1. The molecule has 0 fully saturated rings. The van der Waals surface area contributed by atoms with Crippen LogP contribution in [0.1, 0.15) is 17.3 Å². The quantitative estimate of drug-likeness (QED) is 0.475. The molecule has 1 rings (SSSR count). The largest absolute Gasteiger partial charge is 0.460 e. The van der Waals surface area contributed by atoms with Gasteiger partial charge in [0, 0.05) is 10.2 Å². The van der Waals surface area contributed by atoms with E-state index in [1.54, 1.807) is 6.07 Å². The highest BCUT2D eigenvalue weighted by Crippen LogP contribution is 2.12. The first-order chi connectivity index (χ1) is 7.25. The van der Waals surface area contributed by atoms with Gasteiger partial charge >= 0.3 is 5.97 Å². The summed E-state index contributed by atoms with van der Waals surface area (Å²) in [7, 11) is 0. The van der Waals surface area contributed by atoms with Crippen LogP contribution in [0.3, 0.4) is 0 Å². The average Bonchev–Trinajstić information content (AvgIpc) is 2.25. The third kappa shape index (κ3) is 4.17. The van der Waals surface area contributed by atoms with Crippen LogP contribution < -0.4 is 0 Å². The van der Waals surface area contributed by atoms with Crippen molar-refractivity contribution >= 4 is 28.6 Å². The zero-order valence-corrected chi connectivity index (χ0v) is 10.7. The van der Waals surface area contributed by atoms with E-state index in [-0.39, 0.29) is 5.97 Å². The van der Waals surface area contributed by atoms with Crippen molar-refractivity contribution in [1.82, 2.24) is 0 Å². The number of hydrogen-bond donors (Lipinski definition) is 0. The average molecular weight is 320 g/mol. The van der Waals surface area contributed by atoms with Crippen molar-refractivity contribution < 1.29 is 14.3 Å². The monoisotopic (exact) mass is 320 g/mol. The Hall–Kier alpha value is -0.620. The molecule has 0 amide bonds. The Balaban J connectivity index is 2.44. The Morgan fingerprint density at radius 3 is 2.73 bits per heavy atom. The van der Waals surface area contributed by atoms with E-state index in [2.05, 4.69) is 22.6 Å². The first kappa shape index (κ1) is 12.4. The van der Waals surface area contributed by atoms with Crippen LogP contribution in [0.5, 0.6) is 0 Å². The Bertz CT molecular complexity index is 325. The van der Waals surface area contributed by atoms with E-state index in [1.807, 2.05) is 25.1 Å². The van der Waals surface area contributed by atoms with E-state index in [0.29, 0.717) is 25.4 Å². The highest BCUT2D eigenvalue weighted by molar-refractivity contribution is 14.1. The summed E-state index contributed by atoms with van der Waals surface area (Å²) >= 11 is 2.11. The summed E-state index contributed by atoms with van der Waals surface area (Å²) in [4.78, 5) is 11.5. The first-order valence-corrected chi connectivity index (χ1v) is 5.83. The van der Waals surface area contributed by atoms with Gasteiger partial charge in [0.15, 0.2) is 0 Å². The molecule has 4 heteroatoms. The summed E-state index contributed by atoms with van der Waals surface area (Å²) in [5.74, 6) is -0.292. The molecule has 0 N–H and O–H groups in total. The summed E-state index contributed by atoms with van der Waals surface area (Å²) in [6.45, 7) is 3.30. The van der Waals surface area contributed by atoms with E-state index >= 15 is 0 Å². The lowest BCUT2D eigenvalue weighted by molar-refractivity contribution is 0.0334. The van der Waals surface area contributed by atoms with Gasteiger partial charge in [-0.25, -0.2) is 4.79 Å². The molecular weight excluding hydrogens is 307 g/mol. The fourth-order valence-corrected chi connectivity index (χ4v) is 1.65. The molecule has 0 bridgehead atoms. The maximum Gasteiger partial charge on any atom is 0.339 e. The molecule has 0 spiro atoms. The molecule has 0 saturated heterocycles. The van der Waals surface area contributed by atoms with Gasteiger partial charge in [0.1, 0.15) is 6.61 Å². The minimum Gasteiger partial charge on any atom is -0.460 e. The fraction of sp³-hybridized carbons (Fsp3) is 0.364. The molecule has 0 unspecified atom stereocenters. The van der Waals surface area contributed by atoms with E-state index in [1.165, 1.54) is 0 Å². The number of esters is 1. The van der Waals surface area contributed by atoms with E-state index < -0.39 is 0 Å². The predicted molar refractivity (Wildman–Crippen MR) is 65.9 cm³/mol. The third-order valence-corrected chi connectivity index (χ3v) is 2.70. The Kier molecular flexibility index (Phi) is 5.63. The second kappa shape index (κ2) is 6.79. The number of ether oxygens (including phenoxy) is 2. The Morgan fingerprint density at radius 1 is 1.33 bits per heavy atom.